The molecule has 4 heteroatoms. The van der Waals surface area contributed by atoms with Crippen molar-refractivity contribution in [3.05, 3.63) is 90.0 Å². The third kappa shape index (κ3) is 2.23. The zero-order chi connectivity index (χ0) is 20.2. The van der Waals surface area contributed by atoms with E-state index in [1.807, 2.05) is 12.1 Å². The van der Waals surface area contributed by atoms with Crippen molar-refractivity contribution in [2.75, 3.05) is 0 Å². The molecule has 6 aromatic rings. The lowest BCUT2D eigenvalue weighted by molar-refractivity contribution is 1.17. The van der Waals surface area contributed by atoms with E-state index in [0.29, 0.717) is 11.1 Å². The van der Waals surface area contributed by atoms with E-state index in [0.717, 1.165) is 27.5 Å². The van der Waals surface area contributed by atoms with Crippen molar-refractivity contribution in [3.8, 4) is 17.8 Å². The highest BCUT2D eigenvalue weighted by atomic mass is 32.1. The van der Waals surface area contributed by atoms with Crippen molar-refractivity contribution in [2.45, 2.75) is 0 Å². The molecule has 0 N–H and O–H groups in total. The van der Waals surface area contributed by atoms with Crippen LogP contribution >= 0.6 is 11.3 Å². The number of para-hydroxylation sites is 1. The molecular formula is C26H13N3S. The lowest BCUT2D eigenvalue weighted by atomic mass is 10.1. The van der Waals surface area contributed by atoms with Crippen LogP contribution in [0.1, 0.15) is 11.1 Å². The molecule has 6 rings (SSSR count). The van der Waals surface area contributed by atoms with Crippen LogP contribution in [0.4, 0.5) is 0 Å². The molecule has 0 amide bonds. The van der Waals surface area contributed by atoms with E-state index in [4.69, 9.17) is 0 Å². The van der Waals surface area contributed by atoms with Gasteiger partial charge in [0.25, 0.3) is 0 Å². The second kappa shape index (κ2) is 6.19. The summed E-state index contributed by atoms with van der Waals surface area (Å²) in [6.45, 7) is 0. The maximum atomic E-state index is 9.75. The number of hydrogen-bond donors (Lipinski definition) is 0. The van der Waals surface area contributed by atoms with Crippen molar-refractivity contribution in [3.63, 3.8) is 0 Å². The minimum Gasteiger partial charge on any atom is -0.308 e. The number of benzene rings is 4. The first kappa shape index (κ1) is 16.8. The first-order chi connectivity index (χ1) is 14.8. The highest BCUT2D eigenvalue weighted by molar-refractivity contribution is 7.25. The third-order valence-electron chi connectivity index (χ3n) is 5.66. The van der Waals surface area contributed by atoms with Gasteiger partial charge in [0.05, 0.1) is 33.9 Å². The molecule has 2 heterocycles. The molecule has 0 radical (unpaired) electrons. The molecule has 0 aliphatic carbocycles. The van der Waals surface area contributed by atoms with E-state index < -0.39 is 0 Å². The second-order valence-electron chi connectivity index (χ2n) is 7.27. The molecular weight excluding hydrogens is 386 g/mol. The summed E-state index contributed by atoms with van der Waals surface area (Å²) in [5.41, 5.74) is 3.90. The zero-order valence-corrected chi connectivity index (χ0v) is 16.6. The second-order valence-corrected chi connectivity index (χ2v) is 8.36. The predicted octanol–water partition coefficient (Wildman–Crippen LogP) is 6.89. The summed E-state index contributed by atoms with van der Waals surface area (Å²) in [5.74, 6) is 0. The smallest absolute Gasteiger partial charge is 0.101 e. The van der Waals surface area contributed by atoms with Crippen LogP contribution in [-0.2, 0) is 0 Å². The molecule has 2 aromatic heterocycles. The third-order valence-corrected chi connectivity index (χ3v) is 6.79. The van der Waals surface area contributed by atoms with Gasteiger partial charge in [0.1, 0.15) is 6.07 Å². The first-order valence-corrected chi connectivity index (χ1v) is 10.4. The molecule has 30 heavy (non-hydrogen) atoms. The highest BCUT2D eigenvalue weighted by Crippen LogP contribution is 2.40. The largest absolute Gasteiger partial charge is 0.308 e. The average Bonchev–Trinajstić information content (AvgIpc) is 3.32. The fraction of sp³-hybridized carbons (Fsp3) is 0. The standard InChI is InChI=1S/C26H13N3S/c27-14-16-9-10-17(15-28)23(11-16)29-22-7-3-1-5-18(22)20-12-21-19-6-2-4-8-25(19)30-26(21)13-24(20)29/h1-13H. The highest BCUT2D eigenvalue weighted by Gasteiger charge is 2.17. The molecule has 0 aliphatic rings. The number of aromatic nitrogens is 1. The molecule has 0 bridgehead atoms. The summed E-state index contributed by atoms with van der Waals surface area (Å²) >= 11 is 1.78. The summed E-state index contributed by atoms with van der Waals surface area (Å²) in [7, 11) is 0. The molecule has 138 valence electrons. The minimum atomic E-state index is 0.540. The van der Waals surface area contributed by atoms with E-state index in [1.54, 1.807) is 29.5 Å². The van der Waals surface area contributed by atoms with Crippen LogP contribution in [0.3, 0.4) is 0 Å². The zero-order valence-electron chi connectivity index (χ0n) is 15.8. The lowest BCUT2D eigenvalue weighted by Crippen LogP contribution is -1.98. The summed E-state index contributed by atoms with van der Waals surface area (Å²) < 4.78 is 4.59. The Morgan fingerprint density at radius 3 is 2.27 bits per heavy atom. The normalized spacial score (nSPS) is 11.3. The van der Waals surface area contributed by atoms with Gasteiger partial charge in [-0.15, -0.1) is 11.3 Å². The molecule has 0 fully saturated rings. The SMILES string of the molecule is N#Cc1ccc(C#N)c(-n2c3ccccc3c3cc4c(cc32)sc2ccccc24)c1. The summed E-state index contributed by atoms with van der Waals surface area (Å²) in [6, 6.07) is 30.9. The van der Waals surface area contributed by atoms with E-state index in [9.17, 15) is 10.5 Å². The van der Waals surface area contributed by atoms with Gasteiger partial charge >= 0.3 is 0 Å². The molecule has 0 spiro atoms. The fourth-order valence-electron chi connectivity index (χ4n) is 4.33. The molecule has 0 saturated heterocycles. The van der Waals surface area contributed by atoms with Crippen molar-refractivity contribution < 1.29 is 0 Å². The van der Waals surface area contributed by atoms with Crippen LogP contribution in [-0.4, -0.2) is 4.57 Å². The molecule has 4 aromatic carbocycles. The van der Waals surface area contributed by atoms with Gasteiger partial charge in [-0.2, -0.15) is 10.5 Å². The Morgan fingerprint density at radius 1 is 0.633 bits per heavy atom. The van der Waals surface area contributed by atoms with Gasteiger partial charge in [-0.05, 0) is 42.5 Å². The van der Waals surface area contributed by atoms with Gasteiger partial charge < -0.3 is 4.57 Å². The van der Waals surface area contributed by atoms with Gasteiger partial charge in [0, 0.05) is 30.9 Å². The Bertz CT molecular complexity index is 1720. The number of thiophene rings is 1. The van der Waals surface area contributed by atoms with Crippen LogP contribution < -0.4 is 0 Å². The molecule has 0 saturated carbocycles. The van der Waals surface area contributed by atoms with E-state index in [1.165, 1.54) is 20.2 Å². The summed E-state index contributed by atoms with van der Waals surface area (Å²) in [4.78, 5) is 0. The van der Waals surface area contributed by atoms with Crippen molar-refractivity contribution in [2.24, 2.45) is 0 Å². The average molecular weight is 399 g/mol. The maximum Gasteiger partial charge on any atom is 0.101 e. The number of fused-ring (bicyclic) bond motifs is 6. The number of rotatable bonds is 1. The van der Waals surface area contributed by atoms with Crippen LogP contribution in [0.5, 0.6) is 0 Å². The van der Waals surface area contributed by atoms with Gasteiger partial charge in [-0.1, -0.05) is 36.4 Å². The van der Waals surface area contributed by atoms with Crippen molar-refractivity contribution in [1.82, 2.24) is 4.57 Å². The Kier molecular flexibility index (Phi) is 3.47. The Hall–Kier alpha value is -4.12. The number of nitriles is 2. The van der Waals surface area contributed by atoms with E-state index in [-0.39, 0.29) is 0 Å². The lowest BCUT2D eigenvalue weighted by Gasteiger charge is -2.10. The molecule has 0 aliphatic heterocycles. The van der Waals surface area contributed by atoms with Gasteiger partial charge in [0.15, 0.2) is 0 Å². The van der Waals surface area contributed by atoms with E-state index >= 15 is 0 Å². The van der Waals surface area contributed by atoms with E-state index in [2.05, 4.69) is 65.2 Å². The topological polar surface area (TPSA) is 52.5 Å². The quantitative estimate of drug-likeness (QED) is 0.302. The predicted molar refractivity (Wildman–Crippen MR) is 123 cm³/mol. The van der Waals surface area contributed by atoms with Crippen LogP contribution in [0.25, 0.3) is 47.7 Å². The fourth-order valence-corrected chi connectivity index (χ4v) is 5.45. The number of nitrogens with zero attached hydrogens (tertiary/aromatic N) is 3. The van der Waals surface area contributed by atoms with Crippen LogP contribution in [0.2, 0.25) is 0 Å². The molecule has 0 atom stereocenters. The summed E-state index contributed by atoms with van der Waals surface area (Å²) in [5, 5.41) is 24.0. The number of hydrogen-bond acceptors (Lipinski definition) is 3. The van der Waals surface area contributed by atoms with Gasteiger partial charge in [0.2, 0.25) is 0 Å². The minimum absolute atomic E-state index is 0.540. The molecule has 0 unspecified atom stereocenters. The van der Waals surface area contributed by atoms with Gasteiger partial charge in [-0.25, -0.2) is 0 Å². The van der Waals surface area contributed by atoms with Crippen molar-refractivity contribution >= 4 is 53.3 Å². The maximum absolute atomic E-state index is 9.75. The first-order valence-electron chi connectivity index (χ1n) is 9.57. The van der Waals surface area contributed by atoms with Gasteiger partial charge in [-0.3, -0.25) is 0 Å². The monoisotopic (exact) mass is 399 g/mol. The Morgan fingerprint density at radius 2 is 1.43 bits per heavy atom. The molecule has 3 nitrogen and oxygen atoms in total. The van der Waals surface area contributed by atoms with Crippen LogP contribution in [0, 0.1) is 22.7 Å². The Balaban J connectivity index is 1.83. The Labute approximate surface area is 176 Å². The van der Waals surface area contributed by atoms with Crippen molar-refractivity contribution in [1.29, 1.82) is 10.5 Å². The van der Waals surface area contributed by atoms with Crippen LogP contribution in [0.15, 0.2) is 78.9 Å². The summed E-state index contributed by atoms with van der Waals surface area (Å²) in [6.07, 6.45) is 0.